The molecule has 11 heteroatoms. The molecule has 2 aromatic heterocycles. The number of nitrogens with one attached hydrogen (secondary N) is 2. The number of hydrogen-bond donors (Lipinski definition) is 4. The molecule has 0 atom stereocenters. The van der Waals surface area contributed by atoms with Crippen LogP contribution in [0, 0.1) is 0 Å². The molecule has 5 rings (SSSR count). The fourth-order valence-corrected chi connectivity index (χ4v) is 3.49. The van der Waals surface area contributed by atoms with Crippen molar-refractivity contribution in [2.75, 3.05) is 11.5 Å². The van der Waals surface area contributed by atoms with Crippen LogP contribution in [0.5, 0.6) is 0 Å². The fraction of sp³-hybridized carbons (Fsp3) is 0. The summed E-state index contributed by atoms with van der Waals surface area (Å²) in [6, 6.07) is 20.3. The summed E-state index contributed by atoms with van der Waals surface area (Å²) >= 11 is 5.81. The summed E-state index contributed by atoms with van der Waals surface area (Å²) in [6.45, 7) is 0. The molecule has 0 unspecified atom stereocenters. The third-order valence-electron chi connectivity index (χ3n) is 4.54. The number of halogens is 1. The van der Waals surface area contributed by atoms with Crippen molar-refractivity contribution in [3.63, 3.8) is 0 Å². The first-order valence-electron chi connectivity index (χ1n) is 9.22. The fourth-order valence-electron chi connectivity index (χ4n) is 3.23. The number of anilines is 2. The number of nitrogens with zero attached hydrogens (tertiary/aromatic N) is 2. The molecule has 164 valence electrons. The van der Waals surface area contributed by atoms with Crippen LogP contribution < -0.4 is 22.6 Å². The van der Waals surface area contributed by atoms with E-state index in [1.165, 1.54) is 0 Å². The molecule has 0 bridgehead atoms. The molecule has 6 N–H and O–H groups in total. The summed E-state index contributed by atoms with van der Waals surface area (Å²) in [6.07, 6.45) is 0. The number of nitrogen functional groups attached to an aromatic ring is 2. The Balaban J connectivity index is 0.000000230. The molecule has 2 radical (unpaired) electrons. The second-order valence-electron chi connectivity index (χ2n) is 6.60. The number of H-pyrrole nitrogens is 2. The summed E-state index contributed by atoms with van der Waals surface area (Å²) in [5.74, 6) is 0.234. The molecule has 3 aromatic carbocycles. The largest absolute Gasteiger partial charge is 0.369 e. The average Bonchev–Trinajstić information content (AvgIpc) is 2.74. The first-order chi connectivity index (χ1) is 14.9. The van der Waals surface area contributed by atoms with Gasteiger partial charge in [-0.1, -0.05) is 60.1 Å². The molecule has 8 nitrogen and oxygen atoms in total. The van der Waals surface area contributed by atoms with Crippen LogP contribution in [0.1, 0.15) is 0 Å². The Kier molecular flexibility index (Phi) is 8.93. The molecule has 0 fully saturated rings. The topological polar surface area (TPSA) is 144 Å². The van der Waals surface area contributed by atoms with Crippen LogP contribution in [0.2, 0.25) is 5.02 Å². The van der Waals surface area contributed by atoms with Gasteiger partial charge < -0.3 is 11.5 Å². The molecule has 0 saturated carbocycles. The predicted molar refractivity (Wildman–Crippen MR) is 124 cm³/mol. The van der Waals surface area contributed by atoms with Gasteiger partial charge in [0.15, 0.2) is 0 Å². The molecule has 0 spiro atoms. The Morgan fingerprint density at radius 3 is 1.79 bits per heavy atom. The normalized spacial score (nSPS) is 9.97. The number of aromatic nitrogens is 4. The number of benzene rings is 3. The summed E-state index contributed by atoms with van der Waals surface area (Å²) in [5, 5.41) is 1.32. The quantitative estimate of drug-likeness (QED) is 0.260. The van der Waals surface area contributed by atoms with Gasteiger partial charge in [-0.25, -0.2) is 9.97 Å². The van der Waals surface area contributed by atoms with Gasteiger partial charge in [0.1, 0.15) is 0 Å². The number of aromatic amines is 2. The van der Waals surface area contributed by atoms with Crippen molar-refractivity contribution in [2.45, 2.75) is 0 Å². The number of rotatable bonds is 1. The van der Waals surface area contributed by atoms with E-state index in [-0.39, 0.29) is 60.1 Å². The van der Waals surface area contributed by atoms with E-state index in [0.29, 0.717) is 26.8 Å². The number of hydrogen-bond acceptors (Lipinski definition) is 6. The maximum absolute atomic E-state index is 12.0. The van der Waals surface area contributed by atoms with Crippen LogP contribution in [0.4, 0.5) is 11.9 Å². The van der Waals surface area contributed by atoms with Crippen molar-refractivity contribution in [3.05, 3.63) is 92.5 Å². The van der Waals surface area contributed by atoms with E-state index < -0.39 is 0 Å². The minimum Gasteiger partial charge on any atom is -0.369 e. The van der Waals surface area contributed by atoms with E-state index in [9.17, 15) is 9.59 Å². The van der Waals surface area contributed by atoms with Crippen molar-refractivity contribution in [1.29, 1.82) is 0 Å². The maximum atomic E-state index is 12.0. The van der Waals surface area contributed by atoms with E-state index >= 15 is 0 Å². The average molecular weight is 535 g/mol. The van der Waals surface area contributed by atoms with Crippen LogP contribution in [-0.2, 0) is 37.1 Å². The van der Waals surface area contributed by atoms with Gasteiger partial charge in [-0.15, -0.1) is 0 Å². The van der Waals surface area contributed by atoms with Crippen molar-refractivity contribution in [1.82, 2.24) is 19.9 Å². The van der Waals surface area contributed by atoms with Gasteiger partial charge in [0.25, 0.3) is 11.1 Å². The van der Waals surface area contributed by atoms with E-state index in [1.807, 2.05) is 42.5 Å². The molecule has 0 amide bonds. The third kappa shape index (κ3) is 5.68. The van der Waals surface area contributed by atoms with Gasteiger partial charge in [0.2, 0.25) is 11.9 Å². The van der Waals surface area contributed by atoms with Crippen LogP contribution >= 0.6 is 11.6 Å². The first kappa shape index (κ1) is 26.3. The van der Waals surface area contributed by atoms with E-state index in [4.69, 9.17) is 23.1 Å². The van der Waals surface area contributed by atoms with Gasteiger partial charge in [-0.05, 0) is 29.3 Å². The van der Waals surface area contributed by atoms with Crippen molar-refractivity contribution in [3.8, 4) is 11.1 Å². The van der Waals surface area contributed by atoms with E-state index in [0.717, 1.165) is 11.1 Å². The zero-order valence-corrected chi connectivity index (χ0v) is 20.5. The summed E-state index contributed by atoms with van der Waals surface area (Å²) in [7, 11) is 0. The Morgan fingerprint density at radius 2 is 1.18 bits per heavy atom. The van der Waals surface area contributed by atoms with Gasteiger partial charge in [-0.2, -0.15) is 0 Å². The molecule has 0 saturated heterocycles. The summed E-state index contributed by atoms with van der Waals surface area (Å²) < 4.78 is 0. The molecule has 0 aliphatic rings. The minimum atomic E-state index is -0.312. The standard InChI is InChI=1S/C14H11N3O.C8H6ClN3O.2V/c15-14-16-11-8-4-7-10(12(11)13(18)17-14)9-5-2-1-3-6-9;9-4-2-1-3-5-6(4)7(13)12-8(10)11-5;;/h1-8H,(H3,15,16,17,18);1-3H,(H3,10,11,12,13);;. The van der Waals surface area contributed by atoms with Gasteiger partial charge in [-0.3, -0.25) is 19.6 Å². The SMILES string of the molecule is Nc1nc2cccc(-c3ccccc3)c2c(=O)[nH]1.Nc1nc2cccc(Cl)c2c(=O)[nH]1.[V].[V]. The smallest absolute Gasteiger partial charge is 0.261 e. The Bertz CT molecular complexity index is 1520. The zero-order valence-electron chi connectivity index (χ0n) is 17.0. The summed E-state index contributed by atoms with van der Waals surface area (Å²) in [5.41, 5.74) is 13.4. The monoisotopic (exact) mass is 534 g/mol. The molecule has 33 heavy (non-hydrogen) atoms. The summed E-state index contributed by atoms with van der Waals surface area (Å²) in [4.78, 5) is 36.4. The van der Waals surface area contributed by atoms with E-state index in [1.54, 1.807) is 24.3 Å². The molecule has 0 aliphatic heterocycles. The molecule has 2 heterocycles. The van der Waals surface area contributed by atoms with Gasteiger partial charge in [0.05, 0.1) is 26.8 Å². The first-order valence-corrected chi connectivity index (χ1v) is 9.60. The molecular weight excluding hydrogens is 518 g/mol. The van der Waals surface area contributed by atoms with Crippen LogP contribution in [0.3, 0.4) is 0 Å². The van der Waals surface area contributed by atoms with Crippen molar-refractivity contribution < 1.29 is 37.1 Å². The Hall–Kier alpha value is -3.00. The van der Waals surface area contributed by atoms with Crippen LogP contribution in [0.25, 0.3) is 32.9 Å². The second-order valence-corrected chi connectivity index (χ2v) is 7.01. The van der Waals surface area contributed by atoms with Crippen molar-refractivity contribution >= 4 is 45.3 Å². The number of nitrogens with two attached hydrogens (primary N) is 2. The van der Waals surface area contributed by atoms with Crippen LogP contribution in [0.15, 0.2) is 76.3 Å². The number of fused-ring (bicyclic) bond motifs is 2. The van der Waals surface area contributed by atoms with Gasteiger partial charge >= 0.3 is 0 Å². The van der Waals surface area contributed by atoms with Gasteiger partial charge in [0, 0.05) is 37.1 Å². The Morgan fingerprint density at radius 1 is 0.667 bits per heavy atom. The predicted octanol–water partition coefficient (Wildman–Crippen LogP) is 3.33. The zero-order chi connectivity index (χ0) is 22.0. The molecule has 0 aliphatic carbocycles. The second kappa shape index (κ2) is 11.2. The Labute approximate surface area is 216 Å². The van der Waals surface area contributed by atoms with E-state index in [2.05, 4.69) is 19.9 Å². The minimum absolute atomic E-state index is 0. The molecule has 5 aromatic rings. The molecular formula is C22H17ClN6O2V2. The third-order valence-corrected chi connectivity index (χ3v) is 4.85. The maximum Gasteiger partial charge on any atom is 0.261 e. The van der Waals surface area contributed by atoms with Crippen molar-refractivity contribution in [2.24, 2.45) is 0 Å². The van der Waals surface area contributed by atoms with Crippen LogP contribution in [-0.4, -0.2) is 19.9 Å².